The molecule has 0 aromatic carbocycles. The summed E-state index contributed by atoms with van der Waals surface area (Å²) in [5.74, 6) is -0.289. The first-order chi connectivity index (χ1) is 7.29. The van der Waals surface area contributed by atoms with Crippen molar-refractivity contribution in [3.8, 4) is 5.75 Å². The van der Waals surface area contributed by atoms with Crippen LogP contribution in [0.3, 0.4) is 0 Å². The van der Waals surface area contributed by atoms with Gasteiger partial charge in [0.25, 0.3) is 6.43 Å². The Morgan fingerprint density at radius 1 is 1.50 bits per heavy atom. The number of hydrogen-bond acceptors (Lipinski definition) is 4. The van der Waals surface area contributed by atoms with Gasteiger partial charge < -0.3 is 4.74 Å². The second kappa shape index (κ2) is 4.30. The molecule has 0 bridgehead atoms. The molecule has 2 N–H and O–H groups in total. The molecule has 1 aromatic heterocycles. The molecule has 1 aromatic rings. The van der Waals surface area contributed by atoms with Crippen molar-refractivity contribution >= 4 is 10.0 Å². The van der Waals surface area contributed by atoms with E-state index in [2.05, 4.69) is 9.72 Å². The van der Waals surface area contributed by atoms with Crippen LogP contribution in [-0.4, -0.2) is 20.5 Å². The number of alkyl halides is 2. The summed E-state index contributed by atoms with van der Waals surface area (Å²) >= 11 is 0. The highest BCUT2D eigenvalue weighted by molar-refractivity contribution is 7.89. The average molecular weight is 252 g/mol. The maximum Gasteiger partial charge on any atom is 0.267 e. The highest BCUT2D eigenvalue weighted by atomic mass is 32.2. The largest absolute Gasteiger partial charge is 0.494 e. The summed E-state index contributed by atoms with van der Waals surface area (Å²) in [5, 5.41) is 4.87. The molecule has 0 aliphatic rings. The number of nitrogens with two attached hydrogens (primary N) is 1. The Labute approximate surface area is 91.3 Å². The van der Waals surface area contributed by atoms with Crippen LogP contribution in [0.15, 0.2) is 11.1 Å². The first-order valence-electron chi connectivity index (χ1n) is 4.13. The molecule has 0 aliphatic heterocycles. The number of sulfonamides is 1. The zero-order valence-corrected chi connectivity index (χ0v) is 9.38. The third kappa shape index (κ3) is 2.27. The number of halogens is 2. The van der Waals surface area contributed by atoms with Gasteiger partial charge in [0.15, 0.2) is 5.75 Å². The number of pyridine rings is 1. The molecule has 16 heavy (non-hydrogen) atoms. The lowest BCUT2D eigenvalue weighted by atomic mass is 10.2. The first kappa shape index (κ1) is 12.8. The van der Waals surface area contributed by atoms with Gasteiger partial charge in [0.1, 0.15) is 4.90 Å². The van der Waals surface area contributed by atoms with Crippen molar-refractivity contribution in [2.24, 2.45) is 5.14 Å². The van der Waals surface area contributed by atoms with Gasteiger partial charge in [0, 0.05) is 5.69 Å². The number of aromatic nitrogens is 1. The molecule has 1 heterocycles. The van der Waals surface area contributed by atoms with Gasteiger partial charge in [0.05, 0.1) is 18.9 Å². The van der Waals surface area contributed by atoms with E-state index < -0.39 is 26.9 Å². The van der Waals surface area contributed by atoms with Gasteiger partial charge >= 0.3 is 0 Å². The van der Waals surface area contributed by atoms with E-state index in [-0.39, 0.29) is 11.4 Å². The number of ether oxygens (including phenoxy) is 1. The van der Waals surface area contributed by atoms with Crippen LogP contribution in [0.1, 0.15) is 17.7 Å². The van der Waals surface area contributed by atoms with Crippen molar-refractivity contribution in [2.75, 3.05) is 7.11 Å². The summed E-state index contributed by atoms with van der Waals surface area (Å²) in [5.41, 5.74) is -0.818. The fourth-order valence-electron chi connectivity index (χ4n) is 1.28. The fourth-order valence-corrected chi connectivity index (χ4v) is 2.24. The van der Waals surface area contributed by atoms with Crippen LogP contribution in [0.4, 0.5) is 8.78 Å². The molecule has 0 saturated carbocycles. The quantitative estimate of drug-likeness (QED) is 0.869. The molecule has 0 aliphatic carbocycles. The lowest BCUT2D eigenvalue weighted by Gasteiger charge is -2.13. The minimum absolute atomic E-state index is 0.0974. The lowest BCUT2D eigenvalue weighted by Crippen LogP contribution is -2.17. The van der Waals surface area contributed by atoms with Crippen LogP contribution in [0.2, 0.25) is 0 Å². The third-order valence-electron chi connectivity index (χ3n) is 1.96. The number of rotatable bonds is 3. The molecule has 0 unspecified atom stereocenters. The second-order valence-electron chi connectivity index (χ2n) is 3.00. The third-order valence-corrected chi connectivity index (χ3v) is 2.95. The zero-order chi connectivity index (χ0) is 12.5. The van der Waals surface area contributed by atoms with Gasteiger partial charge in [0.2, 0.25) is 10.0 Å². The molecule has 0 fully saturated rings. The molecule has 1 rings (SSSR count). The predicted molar refractivity (Wildman–Crippen MR) is 51.9 cm³/mol. The maximum absolute atomic E-state index is 12.7. The van der Waals surface area contributed by atoms with Gasteiger partial charge in [-0.05, 0) is 6.92 Å². The van der Waals surface area contributed by atoms with Crippen LogP contribution in [-0.2, 0) is 10.0 Å². The van der Waals surface area contributed by atoms with Gasteiger partial charge in [-0.1, -0.05) is 0 Å². The van der Waals surface area contributed by atoms with E-state index in [0.29, 0.717) is 0 Å². The van der Waals surface area contributed by atoms with Crippen LogP contribution >= 0.6 is 0 Å². The topological polar surface area (TPSA) is 82.3 Å². The molecule has 90 valence electrons. The number of nitrogens with zero attached hydrogens (tertiary/aromatic N) is 1. The molecule has 8 heteroatoms. The second-order valence-corrected chi connectivity index (χ2v) is 4.50. The molecular formula is C8H10F2N2O3S. The SMILES string of the molecule is COc1cnc(C)c(C(F)F)c1S(N)(=O)=O. The Bertz CT molecular complexity index is 502. The minimum atomic E-state index is -4.29. The van der Waals surface area contributed by atoms with Crippen LogP contribution in [0, 0.1) is 6.92 Å². The number of primary sulfonamides is 1. The van der Waals surface area contributed by atoms with E-state index in [9.17, 15) is 17.2 Å². The Hall–Kier alpha value is -1.28. The standard InChI is InChI=1S/C8H10F2N2O3S/c1-4-6(8(9)10)7(16(11,13)14)5(15-2)3-12-4/h3,8H,1-2H3,(H2,11,13,14). The van der Waals surface area contributed by atoms with Crippen molar-refractivity contribution < 1.29 is 21.9 Å². The average Bonchev–Trinajstić information content (AvgIpc) is 2.15. The number of hydrogen-bond donors (Lipinski definition) is 1. The van der Waals surface area contributed by atoms with E-state index in [0.717, 1.165) is 13.3 Å². The Kier molecular flexibility index (Phi) is 3.44. The fraction of sp³-hybridized carbons (Fsp3) is 0.375. The summed E-state index contributed by atoms with van der Waals surface area (Å²) in [6.45, 7) is 1.27. The van der Waals surface area contributed by atoms with Crippen molar-refractivity contribution in [3.05, 3.63) is 17.5 Å². The number of aryl methyl sites for hydroxylation is 1. The van der Waals surface area contributed by atoms with E-state index >= 15 is 0 Å². The summed E-state index contributed by atoms with van der Waals surface area (Å²) in [7, 11) is -3.14. The highest BCUT2D eigenvalue weighted by Crippen LogP contribution is 2.33. The van der Waals surface area contributed by atoms with Crippen LogP contribution in [0.5, 0.6) is 5.75 Å². The normalized spacial score (nSPS) is 11.9. The maximum atomic E-state index is 12.7. The van der Waals surface area contributed by atoms with E-state index in [4.69, 9.17) is 5.14 Å². The summed E-state index contributed by atoms with van der Waals surface area (Å²) < 4.78 is 52.6. The molecule has 0 amide bonds. The van der Waals surface area contributed by atoms with E-state index in [1.165, 1.54) is 6.92 Å². The lowest BCUT2D eigenvalue weighted by molar-refractivity contribution is 0.145. The molecule has 0 atom stereocenters. The Morgan fingerprint density at radius 3 is 2.44 bits per heavy atom. The molecular weight excluding hydrogens is 242 g/mol. The van der Waals surface area contributed by atoms with Gasteiger partial charge in [-0.3, -0.25) is 4.98 Å². The van der Waals surface area contributed by atoms with E-state index in [1.807, 2.05) is 0 Å². The molecule has 0 radical (unpaired) electrons. The van der Waals surface area contributed by atoms with Crippen molar-refractivity contribution in [1.29, 1.82) is 0 Å². The van der Waals surface area contributed by atoms with Gasteiger partial charge in [-0.2, -0.15) is 0 Å². The van der Waals surface area contributed by atoms with Crippen molar-refractivity contribution in [3.63, 3.8) is 0 Å². The zero-order valence-electron chi connectivity index (χ0n) is 8.57. The number of methoxy groups -OCH3 is 1. The summed E-state index contributed by atoms with van der Waals surface area (Å²) in [4.78, 5) is 2.91. The van der Waals surface area contributed by atoms with Crippen LogP contribution < -0.4 is 9.88 Å². The summed E-state index contributed by atoms with van der Waals surface area (Å²) in [6.07, 6.45) is -1.95. The minimum Gasteiger partial charge on any atom is -0.494 e. The molecule has 0 saturated heterocycles. The first-order valence-corrected chi connectivity index (χ1v) is 5.68. The van der Waals surface area contributed by atoms with Gasteiger partial charge in [-0.15, -0.1) is 0 Å². The Balaban J connectivity index is 3.70. The monoisotopic (exact) mass is 252 g/mol. The van der Waals surface area contributed by atoms with Crippen molar-refractivity contribution in [1.82, 2.24) is 4.98 Å². The molecule has 0 spiro atoms. The predicted octanol–water partition coefficient (Wildman–Crippen LogP) is 0.984. The molecule has 5 nitrogen and oxygen atoms in total. The van der Waals surface area contributed by atoms with E-state index in [1.54, 1.807) is 0 Å². The van der Waals surface area contributed by atoms with Crippen molar-refractivity contribution in [2.45, 2.75) is 18.2 Å². The smallest absolute Gasteiger partial charge is 0.267 e. The van der Waals surface area contributed by atoms with Crippen LogP contribution in [0.25, 0.3) is 0 Å². The Morgan fingerprint density at radius 2 is 2.06 bits per heavy atom. The highest BCUT2D eigenvalue weighted by Gasteiger charge is 2.27. The summed E-state index contributed by atoms with van der Waals surface area (Å²) in [6, 6.07) is 0. The van der Waals surface area contributed by atoms with Gasteiger partial charge in [-0.25, -0.2) is 22.3 Å².